The number of carbonyl (C=O) groups excluding carboxylic acids is 1. The summed E-state index contributed by atoms with van der Waals surface area (Å²) in [5, 5.41) is 3.26. The minimum Gasteiger partial charge on any atom is -0.352 e. The van der Waals surface area contributed by atoms with Crippen LogP contribution < -0.4 is 11.1 Å². The molecular weight excluding hydrogens is 248 g/mol. The van der Waals surface area contributed by atoms with Crippen molar-refractivity contribution >= 4 is 6.03 Å². The van der Waals surface area contributed by atoms with Crippen LogP contribution in [-0.4, -0.2) is 11.6 Å². The van der Waals surface area contributed by atoms with Gasteiger partial charge in [0.25, 0.3) is 0 Å². The fourth-order valence-electron chi connectivity index (χ4n) is 6.80. The number of hydrogen-bond donors (Lipinski definition) is 2. The highest BCUT2D eigenvalue weighted by Gasteiger charge is 2.55. The molecule has 0 aromatic rings. The van der Waals surface area contributed by atoms with E-state index in [1.165, 1.54) is 64.2 Å². The fraction of sp³-hybridized carbons (Fsp3) is 0.941. The molecule has 3 nitrogen and oxygen atoms in total. The SMILES string of the molecule is NC(=O)NC1(C2C3CC4CC(C3)CC2C4)CCCCC1. The second-order valence-corrected chi connectivity index (χ2v) is 8.16. The Morgan fingerprint density at radius 3 is 1.95 bits per heavy atom. The summed E-state index contributed by atoms with van der Waals surface area (Å²) in [4.78, 5) is 11.6. The highest BCUT2D eigenvalue weighted by molar-refractivity contribution is 5.72. The smallest absolute Gasteiger partial charge is 0.312 e. The van der Waals surface area contributed by atoms with E-state index in [4.69, 9.17) is 5.73 Å². The average Bonchev–Trinajstić information content (AvgIpc) is 2.37. The number of rotatable bonds is 2. The van der Waals surface area contributed by atoms with Gasteiger partial charge in [-0.3, -0.25) is 0 Å². The third-order valence-corrected chi connectivity index (χ3v) is 6.98. The van der Waals surface area contributed by atoms with E-state index in [1.54, 1.807) is 0 Å². The van der Waals surface area contributed by atoms with Crippen molar-refractivity contribution in [1.29, 1.82) is 0 Å². The maximum Gasteiger partial charge on any atom is 0.312 e. The summed E-state index contributed by atoms with van der Waals surface area (Å²) in [6, 6.07) is -0.291. The minimum absolute atomic E-state index is 0.0483. The molecule has 0 saturated heterocycles. The first-order valence-electron chi connectivity index (χ1n) is 8.74. The lowest BCUT2D eigenvalue weighted by molar-refractivity contribution is -0.0837. The van der Waals surface area contributed by atoms with Crippen molar-refractivity contribution in [3.63, 3.8) is 0 Å². The number of nitrogens with one attached hydrogen (secondary N) is 1. The van der Waals surface area contributed by atoms with E-state index in [0.717, 1.165) is 29.6 Å². The normalized spacial score (nSPS) is 45.3. The highest BCUT2D eigenvalue weighted by Crippen LogP contribution is 2.60. The summed E-state index contributed by atoms with van der Waals surface area (Å²) in [6.45, 7) is 0. The van der Waals surface area contributed by atoms with E-state index in [-0.39, 0.29) is 11.6 Å². The summed E-state index contributed by atoms with van der Waals surface area (Å²) >= 11 is 0. The molecule has 0 aromatic carbocycles. The van der Waals surface area contributed by atoms with Crippen LogP contribution in [0.25, 0.3) is 0 Å². The Labute approximate surface area is 122 Å². The van der Waals surface area contributed by atoms with Crippen LogP contribution in [-0.2, 0) is 0 Å². The zero-order valence-corrected chi connectivity index (χ0v) is 12.4. The van der Waals surface area contributed by atoms with Gasteiger partial charge in [0.1, 0.15) is 0 Å². The van der Waals surface area contributed by atoms with Crippen LogP contribution in [0.3, 0.4) is 0 Å². The first-order valence-corrected chi connectivity index (χ1v) is 8.74. The molecule has 0 radical (unpaired) electrons. The summed E-state index contributed by atoms with van der Waals surface area (Å²) in [5.41, 5.74) is 5.60. The maximum absolute atomic E-state index is 11.6. The first-order chi connectivity index (χ1) is 9.66. The topological polar surface area (TPSA) is 55.1 Å². The van der Waals surface area contributed by atoms with Gasteiger partial charge in [-0.1, -0.05) is 19.3 Å². The number of urea groups is 1. The molecule has 0 heterocycles. The summed E-state index contributed by atoms with van der Waals surface area (Å²) in [5.74, 6) is 4.47. The van der Waals surface area contributed by atoms with Crippen LogP contribution in [0.5, 0.6) is 0 Å². The minimum atomic E-state index is -0.291. The molecule has 3 N–H and O–H groups in total. The summed E-state index contributed by atoms with van der Waals surface area (Å²) in [6.07, 6.45) is 13.4. The fourth-order valence-corrected chi connectivity index (χ4v) is 6.80. The Balaban J connectivity index is 1.64. The third kappa shape index (κ3) is 1.96. The van der Waals surface area contributed by atoms with Gasteiger partial charge < -0.3 is 11.1 Å². The Morgan fingerprint density at radius 2 is 1.45 bits per heavy atom. The number of amides is 2. The predicted octanol–water partition coefficient (Wildman–Crippen LogP) is 3.43. The maximum atomic E-state index is 11.6. The van der Waals surface area contributed by atoms with Crippen LogP contribution in [0.1, 0.15) is 64.2 Å². The molecule has 112 valence electrons. The molecule has 0 aliphatic heterocycles. The van der Waals surface area contributed by atoms with Crippen molar-refractivity contribution in [2.45, 2.75) is 69.7 Å². The summed E-state index contributed by atoms with van der Waals surface area (Å²) in [7, 11) is 0. The van der Waals surface area contributed by atoms with Gasteiger partial charge in [-0.05, 0) is 74.5 Å². The van der Waals surface area contributed by atoms with E-state index in [1.807, 2.05) is 0 Å². The molecule has 3 heteroatoms. The molecule has 0 aromatic heterocycles. The van der Waals surface area contributed by atoms with E-state index in [9.17, 15) is 4.79 Å². The van der Waals surface area contributed by atoms with E-state index < -0.39 is 0 Å². The molecular formula is C17H28N2O. The molecule has 5 aliphatic rings. The van der Waals surface area contributed by atoms with Gasteiger partial charge in [-0.15, -0.1) is 0 Å². The lowest BCUT2D eigenvalue weighted by atomic mass is 9.47. The van der Waals surface area contributed by atoms with Gasteiger partial charge in [-0.25, -0.2) is 4.79 Å². The van der Waals surface area contributed by atoms with Crippen molar-refractivity contribution in [1.82, 2.24) is 5.32 Å². The molecule has 20 heavy (non-hydrogen) atoms. The van der Waals surface area contributed by atoms with Gasteiger partial charge in [0.05, 0.1) is 0 Å². The third-order valence-electron chi connectivity index (χ3n) is 6.98. The number of primary amides is 1. The molecule has 5 aliphatic carbocycles. The van der Waals surface area contributed by atoms with Gasteiger partial charge in [-0.2, -0.15) is 0 Å². The van der Waals surface area contributed by atoms with Crippen molar-refractivity contribution < 1.29 is 4.79 Å². The lowest BCUT2D eigenvalue weighted by Crippen LogP contribution is -2.63. The lowest BCUT2D eigenvalue weighted by Gasteiger charge is -2.60. The molecule has 2 amide bonds. The predicted molar refractivity (Wildman–Crippen MR) is 79.1 cm³/mol. The van der Waals surface area contributed by atoms with Crippen molar-refractivity contribution in [2.24, 2.45) is 35.3 Å². The highest BCUT2D eigenvalue weighted by atomic mass is 16.2. The van der Waals surface area contributed by atoms with Gasteiger partial charge in [0.15, 0.2) is 0 Å². The van der Waals surface area contributed by atoms with Crippen LogP contribution in [0.2, 0.25) is 0 Å². The van der Waals surface area contributed by atoms with Gasteiger partial charge >= 0.3 is 6.03 Å². The molecule has 5 saturated carbocycles. The van der Waals surface area contributed by atoms with Gasteiger partial charge in [0.2, 0.25) is 0 Å². The molecule has 0 spiro atoms. The van der Waals surface area contributed by atoms with E-state index >= 15 is 0 Å². The molecule has 0 unspecified atom stereocenters. The zero-order valence-electron chi connectivity index (χ0n) is 12.4. The summed E-state index contributed by atoms with van der Waals surface area (Å²) < 4.78 is 0. The molecule has 4 bridgehead atoms. The number of nitrogens with two attached hydrogens (primary N) is 1. The van der Waals surface area contributed by atoms with Crippen LogP contribution in [0, 0.1) is 29.6 Å². The second kappa shape index (κ2) is 4.64. The largest absolute Gasteiger partial charge is 0.352 e. The Kier molecular flexibility index (Phi) is 3.01. The molecule has 5 rings (SSSR count). The van der Waals surface area contributed by atoms with Crippen LogP contribution in [0.4, 0.5) is 4.79 Å². The van der Waals surface area contributed by atoms with Crippen molar-refractivity contribution in [2.75, 3.05) is 0 Å². The Hall–Kier alpha value is -0.730. The Morgan fingerprint density at radius 1 is 0.900 bits per heavy atom. The number of hydrogen-bond acceptors (Lipinski definition) is 1. The van der Waals surface area contributed by atoms with Crippen LogP contribution >= 0.6 is 0 Å². The van der Waals surface area contributed by atoms with Crippen LogP contribution in [0.15, 0.2) is 0 Å². The average molecular weight is 276 g/mol. The molecule has 5 fully saturated rings. The van der Waals surface area contributed by atoms with Crippen molar-refractivity contribution in [3.05, 3.63) is 0 Å². The second-order valence-electron chi connectivity index (χ2n) is 8.16. The van der Waals surface area contributed by atoms with E-state index in [2.05, 4.69) is 5.32 Å². The van der Waals surface area contributed by atoms with Gasteiger partial charge in [0, 0.05) is 5.54 Å². The first kappa shape index (κ1) is 13.0. The van der Waals surface area contributed by atoms with Crippen molar-refractivity contribution in [3.8, 4) is 0 Å². The molecule has 0 atom stereocenters. The zero-order chi connectivity index (χ0) is 13.7. The quantitative estimate of drug-likeness (QED) is 0.797. The standard InChI is InChI=1S/C17H28N2O/c18-16(20)19-17(4-2-1-3-5-17)15-13-7-11-6-12(9-13)10-14(15)8-11/h11-15H,1-10H2,(H3,18,19,20). The number of carbonyl (C=O) groups is 1. The van der Waals surface area contributed by atoms with E-state index in [0.29, 0.717) is 0 Å². The Bertz CT molecular complexity index is 372. The monoisotopic (exact) mass is 276 g/mol.